The number of para-hydroxylation sites is 1. The number of carbonyl (C=O) groups excluding carboxylic acids is 4. The second kappa shape index (κ2) is 15.5. The SMILES string of the molecule is COC(=O)[C@H](CCCCNC(=O)OC(C)(C)C)NC(=O)C(Cc1c[nH]c2ccccc12)NC(=O)OCc1ccccc1. The summed E-state index contributed by atoms with van der Waals surface area (Å²) in [6.07, 6.45) is 1.99. The first-order chi connectivity index (χ1) is 20.1. The van der Waals surface area contributed by atoms with E-state index in [9.17, 15) is 19.2 Å². The Labute approximate surface area is 245 Å². The summed E-state index contributed by atoms with van der Waals surface area (Å²) < 4.78 is 15.5. The van der Waals surface area contributed by atoms with Gasteiger partial charge in [-0.05, 0) is 57.2 Å². The van der Waals surface area contributed by atoms with Gasteiger partial charge in [0.15, 0.2) is 0 Å². The molecule has 0 spiro atoms. The normalized spacial score (nSPS) is 12.6. The van der Waals surface area contributed by atoms with Crippen LogP contribution in [0, 0.1) is 0 Å². The highest BCUT2D eigenvalue weighted by Crippen LogP contribution is 2.19. The minimum Gasteiger partial charge on any atom is -0.467 e. The summed E-state index contributed by atoms with van der Waals surface area (Å²) in [5.41, 5.74) is 1.91. The molecule has 2 atom stereocenters. The molecule has 0 saturated heterocycles. The first-order valence-electron chi connectivity index (χ1n) is 13.9. The molecule has 11 heteroatoms. The number of nitrogens with one attached hydrogen (secondary N) is 4. The summed E-state index contributed by atoms with van der Waals surface area (Å²) in [6.45, 7) is 5.71. The van der Waals surface area contributed by atoms with Crippen LogP contribution in [0.4, 0.5) is 9.59 Å². The molecule has 0 fully saturated rings. The lowest BCUT2D eigenvalue weighted by Crippen LogP contribution is -2.52. The van der Waals surface area contributed by atoms with Gasteiger partial charge < -0.3 is 35.1 Å². The Kier molecular flexibility index (Phi) is 11.8. The number of fused-ring (bicyclic) bond motifs is 1. The van der Waals surface area contributed by atoms with E-state index in [-0.39, 0.29) is 19.4 Å². The van der Waals surface area contributed by atoms with Crippen molar-refractivity contribution in [1.29, 1.82) is 0 Å². The van der Waals surface area contributed by atoms with E-state index in [2.05, 4.69) is 20.9 Å². The van der Waals surface area contributed by atoms with Gasteiger partial charge in [-0.1, -0.05) is 48.5 Å². The van der Waals surface area contributed by atoms with Gasteiger partial charge in [0.25, 0.3) is 0 Å². The number of unbranched alkanes of at least 4 members (excludes halogenated alkanes) is 1. The maximum Gasteiger partial charge on any atom is 0.408 e. The van der Waals surface area contributed by atoms with Gasteiger partial charge >= 0.3 is 18.2 Å². The maximum absolute atomic E-state index is 13.5. The molecule has 4 N–H and O–H groups in total. The van der Waals surface area contributed by atoms with E-state index in [0.717, 1.165) is 22.0 Å². The zero-order valence-corrected chi connectivity index (χ0v) is 24.5. The average Bonchev–Trinajstić information content (AvgIpc) is 3.36. The molecule has 0 radical (unpaired) electrons. The van der Waals surface area contributed by atoms with Gasteiger partial charge in [0.1, 0.15) is 24.3 Å². The lowest BCUT2D eigenvalue weighted by molar-refractivity contribution is -0.145. The Balaban J connectivity index is 1.64. The minimum absolute atomic E-state index is 0.0379. The number of carbonyl (C=O) groups is 4. The molecule has 0 aliphatic heterocycles. The highest BCUT2D eigenvalue weighted by atomic mass is 16.6. The number of methoxy groups -OCH3 is 1. The van der Waals surface area contributed by atoms with Crippen molar-refractivity contribution in [2.45, 2.75) is 70.7 Å². The van der Waals surface area contributed by atoms with Gasteiger partial charge in [-0.2, -0.15) is 0 Å². The average molecular weight is 581 g/mol. The van der Waals surface area contributed by atoms with E-state index in [1.165, 1.54) is 7.11 Å². The number of rotatable bonds is 13. The highest BCUT2D eigenvalue weighted by Gasteiger charge is 2.28. The van der Waals surface area contributed by atoms with Crippen LogP contribution < -0.4 is 16.0 Å². The van der Waals surface area contributed by atoms with Crippen molar-refractivity contribution in [3.8, 4) is 0 Å². The van der Waals surface area contributed by atoms with Crippen LogP contribution >= 0.6 is 0 Å². The van der Waals surface area contributed by atoms with E-state index in [0.29, 0.717) is 19.4 Å². The smallest absolute Gasteiger partial charge is 0.408 e. The molecule has 0 aliphatic rings. The Morgan fingerprint density at radius 3 is 2.31 bits per heavy atom. The number of benzene rings is 2. The van der Waals surface area contributed by atoms with E-state index in [4.69, 9.17) is 14.2 Å². The van der Waals surface area contributed by atoms with E-state index < -0.39 is 41.7 Å². The largest absolute Gasteiger partial charge is 0.467 e. The topological polar surface area (TPSA) is 148 Å². The Morgan fingerprint density at radius 2 is 1.60 bits per heavy atom. The van der Waals surface area contributed by atoms with E-state index >= 15 is 0 Å². The van der Waals surface area contributed by atoms with Crippen molar-refractivity contribution < 1.29 is 33.4 Å². The third-order valence-electron chi connectivity index (χ3n) is 6.31. The Bertz CT molecular complexity index is 1330. The van der Waals surface area contributed by atoms with Crippen molar-refractivity contribution in [3.63, 3.8) is 0 Å². The molecule has 1 heterocycles. The van der Waals surface area contributed by atoms with Crippen LogP contribution in [-0.2, 0) is 36.8 Å². The molecule has 42 heavy (non-hydrogen) atoms. The molecule has 2 aromatic carbocycles. The molecule has 226 valence electrons. The van der Waals surface area contributed by atoms with Gasteiger partial charge in [-0.3, -0.25) is 4.79 Å². The van der Waals surface area contributed by atoms with Crippen molar-refractivity contribution >= 4 is 35.0 Å². The maximum atomic E-state index is 13.5. The second-order valence-corrected chi connectivity index (χ2v) is 10.8. The molecular formula is C31H40N4O7. The fourth-order valence-electron chi connectivity index (χ4n) is 4.28. The third-order valence-corrected chi connectivity index (χ3v) is 6.31. The number of amides is 3. The molecular weight excluding hydrogens is 540 g/mol. The molecule has 0 aliphatic carbocycles. The van der Waals surface area contributed by atoms with Crippen LogP contribution in [0.1, 0.15) is 51.2 Å². The molecule has 1 unspecified atom stereocenters. The van der Waals surface area contributed by atoms with Gasteiger partial charge in [-0.15, -0.1) is 0 Å². The number of ether oxygens (including phenoxy) is 3. The van der Waals surface area contributed by atoms with Crippen LogP contribution in [0.3, 0.4) is 0 Å². The minimum atomic E-state index is -1.03. The second-order valence-electron chi connectivity index (χ2n) is 10.8. The number of H-pyrrole nitrogens is 1. The fourth-order valence-corrected chi connectivity index (χ4v) is 4.28. The number of hydrogen-bond acceptors (Lipinski definition) is 7. The predicted octanol–water partition coefficient (Wildman–Crippen LogP) is 4.36. The van der Waals surface area contributed by atoms with Crippen molar-refractivity contribution in [2.24, 2.45) is 0 Å². The van der Waals surface area contributed by atoms with Crippen LogP contribution in [0.5, 0.6) is 0 Å². The number of aromatic amines is 1. The van der Waals surface area contributed by atoms with E-state index in [1.807, 2.05) is 54.6 Å². The van der Waals surface area contributed by atoms with E-state index in [1.54, 1.807) is 27.0 Å². The first kappa shape index (κ1) is 32.0. The Morgan fingerprint density at radius 1 is 0.881 bits per heavy atom. The predicted molar refractivity (Wildman–Crippen MR) is 158 cm³/mol. The van der Waals surface area contributed by atoms with Crippen LogP contribution in [-0.4, -0.2) is 60.4 Å². The number of alkyl carbamates (subject to hydrolysis) is 2. The summed E-state index contributed by atoms with van der Waals surface area (Å²) >= 11 is 0. The lowest BCUT2D eigenvalue weighted by Gasteiger charge is -2.22. The quantitative estimate of drug-likeness (QED) is 0.133. The summed E-state index contributed by atoms with van der Waals surface area (Å²) in [5.74, 6) is -1.17. The summed E-state index contributed by atoms with van der Waals surface area (Å²) in [7, 11) is 1.24. The van der Waals surface area contributed by atoms with Crippen LogP contribution in [0.15, 0.2) is 60.8 Å². The zero-order valence-electron chi connectivity index (χ0n) is 24.5. The van der Waals surface area contributed by atoms with Gasteiger partial charge in [0, 0.05) is 30.1 Å². The van der Waals surface area contributed by atoms with Gasteiger partial charge in [-0.25, -0.2) is 14.4 Å². The molecule has 3 aromatic rings. The molecule has 3 rings (SSSR count). The lowest BCUT2D eigenvalue weighted by atomic mass is 10.0. The summed E-state index contributed by atoms with van der Waals surface area (Å²) in [6, 6.07) is 14.8. The fraction of sp³-hybridized carbons (Fsp3) is 0.419. The van der Waals surface area contributed by atoms with Crippen LogP contribution in [0.2, 0.25) is 0 Å². The monoisotopic (exact) mass is 580 g/mol. The van der Waals surface area contributed by atoms with Crippen LogP contribution in [0.25, 0.3) is 10.9 Å². The number of esters is 1. The summed E-state index contributed by atoms with van der Waals surface area (Å²) in [5, 5.41) is 8.98. The van der Waals surface area contributed by atoms with Crippen molar-refractivity contribution in [3.05, 3.63) is 71.9 Å². The van der Waals surface area contributed by atoms with Gasteiger partial charge in [0.05, 0.1) is 7.11 Å². The molecule has 0 saturated carbocycles. The highest BCUT2D eigenvalue weighted by molar-refractivity contribution is 5.91. The molecule has 1 aromatic heterocycles. The Hall–Kier alpha value is -4.54. The zero-order chi connectivity index (χ0) is 30.5. The third kappa shape index (κ3) is 10.5. The number of aromatic nitrogens is 1. The van der Waals surface area contributed by atoms with Gasteiger partial charge in [0.2, 0.25) is 5.91 Å². The molecule has 0 bridgehead atoms. The first-order valence-corrected chi connectivity index (χ1v) is 13.9. The van der Waals surface area contributed by atoms with Crippen molar-refractivity contribution in [1.82, 2.24) is 20.9 Å². The standard InChI is InChI=1S/C31H40N4O7/c1-31(2,3)42-29(38)32-17-11-10-16-25(28(37)40-4)34-27(36)26(18-22-19-33-24-15-9-8-14-23(22)24)35-30(39)41-20-21-12-6-5-7-13-21/h5-9,12-15,19,25-26,33H,10-11,16-18,20H2,1-4H3,(H,32,38)(H,34,36)(H,35,39)/t25-,26?/m0/s1. The molecule has 11 nitrogen and oxygen atoms in total. The molecule has 3 amide bonds. The van der Waals surface area contributed by atoms with Crippen molar-refractivity contribution in [2.75, 3.05) is 13.7 Å². The number of hydrogen-bond donors (Lipinski definition) is 4. The summed E-state index contributed by atoms with van der Waals surface area (Å²) in [4.78, 5) is 53.8.